The molecule has 2 nitrogen and oxygen atoms in total. The Bertz CT molecular complexity index is 3190. The number of aromatic nitrogens is 1. The molecule has 2 aliphatic carbocycles. The van der Waals surface area contributed by atoms with E-state index in [2.05, 4.69) is 230 Å². The van der Waals surface area contributed by atoms with Crippen LogP contribution in [0.1, 0.15) is 33.4 Å². The maximum atomic E-state index is 2.50. The molecule has 0 saturated carbocycles. The molecule has 2 aliphatic rings. The standard InChI is InChI=1S/C57H40N2/c1-37-24-31-45-46-32-25-38(2)35-52(46)57(51(45)34-37)50-20-10-6-17-44(50)47-33-30-42(36-53(47)57)58(54-21-11-7-16-43(54)39-14-4-3-5-15-39)40-26-28-41(29-27-40)59-55-22-12-8-18-48(55)49-19-9-13-23-56(49)59/h3-36H,1-2H3. The highest BCUT2D eigenvalue weighted by atomic mass is 15.1. The maximum absolute atomic E-state index is 2.50. The Hall–Kier alpha value is -7.42. The van der Waals surface area contributed by atoms with Crippen LogP contribution in [0.5, 0.6) is 0 Å². The lowest BCUT2D eigenvalue weighted by molar-refractivity contribution is 0.791. The van der Waals surface area contributed by atoms with Crippen LogP contribution in [0, 0.1) is 13.8 Å². The van der Waals surface area contributed by atoms with Crippen LogP contribution in [-0.2, 0) is 5.41 Å². The van der Waals surface area contributed by atoms with Crippen molar-refractivity contribution in [3.63, 3.8) is 0 Å². The maximum Gasteiger partial charge on any atom is 0.0726 e. The highest BCUT2D eigenvalue weighted by Gasteiger charge is 2.52. The molecule has 0 N–H and O–H groups in total. The second-order valence-electron chi connectivity index (χ2n) is 16.2. The van der Waals surface area contributed by atoms with Gasteiger partial charge in [-0.1, -0.05) is 163 Å². The van der Waals surface area contributed by atoms with Crippen molar-refractivity contribution in [3.05, 3.63) is 240 Å². The predicted octanol–water partition coefficient (Wildman–Crippen LogP) is 14.9. The Morgan fingerprint density at radius 3 is 1.53 bits per heavy atom. The lowest BCUT2D eigenvalue weighted by atomic mass is 9.70. The van der Waals surface area contributed by atoms with Crippen LogP contribution in [0.15, 0.2) is 206 Å². The van der Waals surface area contributed by atoms with E-state index in [0.29, 0.717) is 0 Å². The summed E-state index contributed by atoms with van der Waals surface area (Å²) < 4.78 is 2.39. The summed E-state index contributed by atoms with van der Waals surface area (Å²) in [5.74, 6) is 0. The molecule has 0 atom stereocenters. The van der Waals surface area contributed by atoms with Gasteiger partial charge in [0.25, 0.3) is 0 Å². The van der Waals surface area contributed by atoms with Crippen molar-refractivity contribution in [1.82, 2.24) is 4.57 Å². The zero-order chi connectivity index (χ0) is 39.2. The average molecular weight is 753 g/mol. The summed E-state index contributed by atoms with van der Waals surface area (Å²) in [6.07, 6.45) is 0. The summed E-state index contributed by atoms with van der Waals surface area (Å²) in [5.41, 5.74) is 22.0. The van der Waals surface area contributed by atoms with E-state index in [4.69, 9.17) is 0 Å². The Labute approximate surface area is 344 Å². The molecule has 0 radical (unpaired) electrons. The number of hydrogen-bond acceptors (Lipinski definition) is 1. The molecule has 2 heteroatoms. The van der Waals surface area contributed by atoms with E-state index in [0.717, 1.165) is 22.7 Å². The van der Waals surface area contributed by atoms with E-state index in [9.17, 15) is 0 Å². The third kappa shape index (κ3) is 4.81. The molecule has 12 rings (SSSR count). The molecule has 0 aliphatic heterocycles. The SMILES string of the molecule is Cc1ccc2c(c1)C1(c3ccccc3-c3ccc(N(c4ccc(-n5c6ccccc6c6ccccc65)cc4)c4ccccc4-c4ccccc4)cc31)c1cc(C)ccc1-2. The molecular formula is C57H40N2. The number of benzene rings is 9. The van der Waals surface area contributed by atoms with Crippen LogP contribution in [0.3, 0.4) is 0 Å². The van der Waals surface area contributed by atoms with Crippen molar-refractivity contribution in [2.24, 2.45) is 0 Å². The number of nitrogens with zero attached hydrogens (tertiary/aromatic N) is 2. The van der Waals surface area contributed by atoms with Gasteiger partial charge in [-0.15, -0.1) is 0 Å². The summed E-state index contributed by atoms with van der Waals surface area (Å²) in [7, 11) is 0. The molecule has 9 aromatic carbocycles. The first kappa shape index (κ1) is 33.7. The van der Waals surface area contributed by atoms with Gasteiger partial charge in [-0.25, -0.2) is 0 Å². The summed E-state index contributed by atoms with van der Waals surface area (Å²) in [6.45, 7) is 4.46. The second kappa shape index (κ2) is 12.8. The van der Waals surface area contributed by atoms with Gasteiger partial charge in [0, 0.05) is 33.4 Å². The molecule has 1 spiro atoms. The topological polar surface area (TPSA) is 8.17 Å². The van der Waals surface area contributed by atoms with E-state index in [1.807, 2.05) is 0 Å². The first-order chi connectivity index (χ1) is 29.1. The van der Waals surface area contributed by atoms with Crippen molar-refractivity contribution in [1.29, 1.82) is 0 Å². The lowest BCUT2D eigenvalue weighted by Gasteiger charge is -2.33. The zero-order valence-corrected chi connectivity index (χ0v) is 33.0. The monoisotopic (exact) mass is 752 g/mol. The van der Waals surface area contributed by atoms with Gasteiger partial charge >= 0.3 is 0 Å². The molecule has 0 unspecified atom stereocenters. The van der Waals surface area contributed by atoms with Gasteiger partial charge in [0.1, 0.15) is 0 Å². The summed E-state index contributed by atoms with van der Waals surface area (Å²) in [5, 5.41) is 2.53. The van der Waals surface area contributed by atoms with Crippen molar-refractivity contribution in [2.45, 2.75) is 19.3 Å². The van der Waals surface area contributed by atoms with Crippen molar-refractivity contribution in [2.75, 3.05) is 4.90 Å². The fourth-order valence-electron chi connectivity index (χ4n) is 10.4. The van der Waals surface area contributed by atoms with Gasteiger partial charge in [-0.05, 0) is 119 Å². The molecule has 0 amide bonds. The van der Waals surface area contributed by atoms with Crippen molar-refractivity contribution in [3.8, 4) is 39.1 Å². The zero-order valence-electron chi connectivity index (χ0n) is 33.0. The number of aryl methyl sites for hydroxylation is 2. The van der Waals surface area contributed by atoms with Gasteiger partial charge in [-0.2, -0.15) is 0 Å². The van der Waals surface area contributed by atoms with E-state index < -0.39 is 5.41 Å². The molecule has 0 fully saturated rings. The Morgan fingerprint density at radius 1 is 0.373 bits per heavy atom. The quantitative estimate of drug-likeness (QED) is 0.170. The van der Waals surface area contributed by atoms with Gasteiger partial charge in [0.2, 0.25) is 0 Å². The smallest absolute Gasteiger partial charge is 0.0726 e. The van der Waals surface area contributed by atoms with Gasteiger partial charge in [-0.3, -0.25) is 0 Å². The van der Waals surface area contributed by atoms with Crippen molar-refractivity contribution < 1.29 is 0 Å². The number of hydrogen-bond donors (Lipinski definition) is 0. The van der Waals surface area contributed by atoms with Crippen LogP contribution >= 0.6 is 0 Å². The lowest BCUT2D eigenvalue weighted by Crippen LogP contribution is -2.26. The van der Waals surface area contributed by atoms with Gasteiger partial charge < -0.3 is 9.47 Å². The van der Waals surface area contributed by atoms with E-state index in [-0.39, 0.29) is 0 Å². The van der Waals surface area contributed by atoms with Crippen LogP contribution in [0.2, 0.25) is 0 Å². The molecule has 278 valence electrons. The van der Waals surface area contributed by atoms with E-state index in [1.165, 1.54) is 88.6 Å². The predicted molar refractivity (Wildman–Crippen MR) is 247 cm³/mol. The fraction of sp³-hybridized carbons (Fsp3) is 0.0526. The number of fused-ring (bicyclic) bond motifs is 13. The Kier molecular flexibility index (Phi) is 7.31. The third-order valence-corrected chi connectivity index (χ3v) is 12.9. The first-order valence-electron chi connectivity index (χ1n) is 20.6. The van der Waals surface area contributed by atoms with Crippen LogP contribution in [0.25, 0.3) is 60.9 Å². The van der Waals surface area contributed by atoms with Crippen LogP contribution < -0.4 is 4.90 Å². The molecule has 0 saturated heterocycles. The van der Waals surface area contributed by atoms with E-state index >= 15 is 0 Å². The first-order valence-corrected chi connectivity index (χ1v) is 20.6. The third-order valence-electron chi connectivity index (χ3n) is 12.9. The van der Waals surface area contributed by atoms with Crippen LogP contribution in [0.4, 0.5) is 17.1 Å². The van der Waals surface area contributed by atoms with Crippen molar-refractivity contribution >= 4 is 38.9 Å². The number of rotatable bonds is 5. The normalized spacial score (nSPS) is 13.1. The molecule has 1 heterocycles. The minimum absolute atomic E-state index is 0.449. The highest BCUT2D eigenvalue weighted by Crippen LogP contribution is 2.63. The molecule has 0 bridgehead atoms. The molecule has 59 heavy (non-hydrogen) atoms. The molecular weight excluding hydrogens is 713 g/mol. The Balaban J connectivity index is 1.11. The fourth-order valence-corrected chi connectivity index (χ4v) is 10.4. The summed E-state index contributed by atoms with van der Waals surface area (Å²) in [6, 6.07) is 76.7. The average Bonchev–Trinajstić information content (AvgIpc) is 3.88. The number of para-hydroxylation sites is 3. The van der Waals surface area contributed by atoms with Crippen LogP contribution in [-0.4, -0.2) is 4.57 Å². The van der Waals surface area contributed by atoms with E-state index in [1.54, 1.807) is 0 Å². The molecule has 1 aromatic heterocycles. The van der Waals surface area contributed by atoms with Gasteiger partial charge in [0.15, 0.2) is 0 Å². The number of anilines is 3. The molecule has 10 aromatic rings. The van der Waals surface area contributed by atoms with Gasteiger partial charge in [0.05, 0.1) is 22.1 Å². The summed E-state index contributed by atoms with van der Waals surface area (Å²) >= 11 is 0. The minimum atomic E-state index is -0.449. The highest BCUT2D eigenvalue weighted by molar-refractivity contribution is 6.09. The minimum Gasteiger partial charge on any atom is -0.310 e. The Morgan fingerprint density at radius 2 is 0.864 bits per heavy atom. The largest absolute Gasteiger partial charge is 0.310 e. The summed E-state index contributed by atoms with van der Waals surface area (Å²) in [4.78, 5) is 2.47. The second-order valence-corrected chi connectivity index (χ2v) is 16.2.